The van der Waals surface area contributed by atoms with E-state index in [9.17, 15) is 4.79 Å². The van der Waals surface area contributed by atoms with Gasteiger partial charge in [0.05, 0.1) is 0 Å². The van der Waals surface area contributed by atoms with Crippen LogP contribution >= 0.6 is 0 Å². The minimum Gasteiger partial charge on any atom is -0.488 e. The van der Waals surface area contributed by atoms with Crippen LogP contribution in [0.25, 0.3) is 12.2 Å². The van der Waals surface area contributed by atoms with Crippen LogP contribution in [-0.4, -0.2) is 5.78 Å². The molecule has 0 N–H and O–H groups in total. The summed E-state index contributed by atoms with van der Waals surface area (Å²) in [5.41, 5.74) is 5.70. The number of ether oxygens (including phenoxy) is 2. The van der Waals surface area contributed by atoms with E-state index in [4.69, 9.17) is 9.47 Å². The van der Waals surface area contributed by atoms with Gasteiger partial charge in [-0.1, -0.05) is 97.1 Å². The highest BCUT2D eigenvalue weighted by atomic mass is 16.5. The van der Waals surface area contributed by atoms with Crippen molar-refractivity contribution in [3.8, 4) is 11.5 Å². The van der Waals surface area contributed by atoms with Gasteiger partial charge in [-0.25, -0.2) is 0 Å². The van der Waals surface area contributed by atoms with Crippen molar-refractivity contribution in [1.29, 1.82) is 0 Å². The maximum Gasteiger partial charge on any atom is 0.185 e. The second kappa shape index (κ2) is 12.0. The number of carbonyl (C=O) groups is 1. The summed E-state index contributed by atoms with van der Waals surface area (Å²) in [6.07, 6.45) is 6.44. The van der Waals surface area contributed by atoms with Crippen molar-refractivity contribution in [3.05, 3.63) is 143 Å². The molecule has 4 aromatic carbocycles. The Morgan fingerprint density at radius 2 is 0.946 bits per heavy atom. The van der Waals surface area contributed by atoms with Gasteiger partial charge in [0.25, 0.3) is 0 Å². The zero-order valence-corrected chi connectivity index (χ0v) is 20.8. The second-order valence-electron chi connectivity index (χ2n) is 9.15. The fourth-order valence-corrected chi connectivity index (χ4v) is 4.49. The SMILES string of the molecule is O=C1/C(=C\c2ccccc2OCc2ccccc2)CCC/C1=C/c1ccccc1OCc1ccccc1. The van der Waals surface area contributed by atoms with Crippen molar-refractivity contribution >= 4 is 17.9 Å². The first kappa shape index (κ1) is 24.3. The first-order valence-electron chi connectivity index (χ1n) is 12.7. The van der Waals surface area contributed by atoms with Crippen LogP contribution in [-0.2, 0) is 18.0 Å². The van der Waals surface area contributed by atoms with Crippen LogP contribution < -0.4 is 9.47 Å². The number of hydrogen-bond donors (Lipinski definition) is 0. The average Bonchev–Trinajstić information content (AvgIpc) is 2.95. The van der Waals surface area contributed by atoms with Gasteiger partial charge < -0.3 is 9.47 Å². The van der Waals surface area contributed by atoms with Crippen LogP contribution in [0.5, 0.6) is 11.5 Å². The number of Topliss-reactive ketones (excluding diaryl/α,β-unsaturated/α-hetero) is 1. The number of para-hydroxylation sites is 2. The third kappa shape index (κ3) is 6.45. The Morgan fingerprint density at radius 1 is 0.541 bits per heavy atom. The monoisotopic (exact) mass is 486 g/mol. The highest BCUT2D eigenvalue weighted by Crippen LogP contribution is 2.32. The van der Waals surface area contributed by atoms with Crippen molar-refractivity contribution < 1.29 is 14.3 Å². The topological polar surface area (TPSA) is 35.5 Å². The van der Waals surface area contributed by atoms with Crippen LogP contribution in [0.3, 0.4) is 0 Å². The molecular weight excluding hydrogens is 456 g/mol. The number of ketones is 1. The first-order chi connectivity index (χ1) is 18.3. The third-order valence-electron chi connectivity index (χ3n) is 6.45. The molecule has 0 unspecified atom stereocenters. The van der Waals surface area contributed by atoms with Gasteiger partial charge in [0.2, 0.25) is 0 Å². The minimum absolute atomic E-state index is 0.0991. The number of benzene rings is 4. The highest BCUT2D eigenvalue weighted by Gasteiger charge is 2.21. The summed E-state index contributed by atoms with van der Waals surface area (Å²) < 4.78 is 12.2. The summed E-state index contributed by atoms with van der Waals surface area (Å²) in [5.74, 6) is 1.66. The molecule has 1 fully saturated rings. The lowest BCUT2D eigenvalue weighted by atomic mass is 9.86. The van der Waals surface area contributed by atoms with E-state index < -0.39 is 0 Å². The molecule has 0 aliphatic heterocycles. The van der Waals surface area contributed by atoms with Crippen molar-refractivity contribution in [3.63, 3.8) is 0 Å². The van der Waals surface area contributed by atoms with E-state index in [2.05, 4.69) is 0 Å². The molecule has 1 saturated carbocycles. The molecule has 1 aliphatic carbocycles. The van der Waals surface area contributed by atoms with Gasteiger partial charge in [-0.3, -0.25) is 4.79 Å². The van der Waals surface area contributed by atoms with E-state index in [1.165, 1.54) is 0 Å². The number of rotatable bonds is 8. The van der Waals surface area contributed by atoms with E-state index in [1.807, 2.05) is 121 Å². The van der Waals surface area contributed by atoms with Gasteiger partial charge >= 0.3 is 0 Å². The predicted molar refractivity (Wildman–Crippen MR) is 149 cm³/mol. The van der Waals surface area contributed by atoms with Gasteiger partial charge in [-0.05, 0) is 54.7 Å². The summed E-state index contributed by atoms with van der Waals surface area (Å²) in [7, 11) is 0. The quantitative estimate of drug-likeness (QED) is 0.236. The van der Waals surface area contributed by atoms with E-state index >= 15 is 0 Å². The Bertz CT molecular complexity index is 1290. The number of carbonyl (C=O) groups excluding carboxylic acids is 1. The number of allylic oxidation sites excluding steroid dienone is 2. The molecule has 1 aliphatic rings. The van der Waals surface area contributed by atoms with Crippen LogP contribution in [0.2, 0.25) is 0 Å². The molecule has 3 heteroatoms. The summed E-state index contributed by atoms with van der Waals surface area (Å²) in [5, 5.41) is 0. The normalized spacial score (nSPS) is 15.6. The summed E-state index contributed by atoms with van der Waals surface area (Å²) in [6, 6.07) is 36.0. The van der Waals surface area contributed by atoms with Gasteiger partial charge in [0.1, 0.15) is 24.7 Å². The molecule has 0 saturated heterocycles. The molecule has 37 heavy (non-hydrogen) atoms. The minimum atomic E-state index is 0.0991. The van der Waals surface area contributed by atoms with E-state index in [1.54, 1.807) is 0 Å². The molecule has 0 radical (unpaired) electrons. The largest absolute Gasteiger partial charge is 0.488 e. The maximum absolute atomic E-state index is 13.5. The average molecular weight is 487 g/mol. The van der Waals surface area contributed by atoms with Crippen molar-refractivity contribution in [2.45, 2.75) is 32.5 Å². The van der Waals surface area contributed by atoms with Gasteiger partial charge in [-0.15, -0.1) is 0 Å². The Kier molecular flexibility index (Phi) is 7.92. The third-order valence-corrected chi connectivity index (χ3v) is 6.45. The second-order valence-corrected chi connectivity index (χ2v) is 9.15. The molecule has 0 heterocycles. The maximum atomic E-state index is 13.5. The van der Waals surface area contributed by atoms with E-state index in [0.29, 0.717) is 13.2 Å². The van der Waals surface area contributed by atoms with Crippen molar-refractivity contribution in [2.24, 2.45) is 0 Å². The fraction of sp³-hybridized carbons (Fsp3) is 0.147. The number of hydrogen-bond acceptors (Lipinski definition) is 3. The molecule has 3 nitrogen and oxygen atoms in total. The van der Waals surface area contributed by atoms with Gasteiger partial charge in [-0.2, -0.15) is 0 Å². The zero-order valence-electron chi connectivity index (χ0n) is 20.8. The fourth-order valence-electron chi connectivity index (χ4n) is 4.49. The summed E-state index contributed by atoms with van der Waals surface area (Å²) >= 11 is 0. The van der Waals surface area contributed by atoms with Crippen molar-refractivity contribution in [2.75, 3.05) is 0 Å². The van der Waals surface area contributed by atoms with Crippen molar-refractivity contribution in [1.82, 2.24) is 0 Å². The standard InChI is InChI=1S/C34H30O3/c35-34-30(22-28-16-7-9-20-32(28)36-24-26-12-3-1-4-13-26)18-11-19-31(34)23-29-17-8-10-21-33(29)37-25-27-14-5-2-6-15-27/h1-10,12-17,20-23H,11,18-19,24-25H2/b30-22-,31-23-. The molecule has 0 spiro atoms. The van der Waals surface area contributed by atoms with Gasteiger partial charge in [0.15, 0.2) is 5.78 Å². The smallest absolute Gasteiger partial charge is 0.185 e. The lowest BCUT2D eigenvalue weighted by Gasteiger charge is -2.18. The van der Waals surface area contributed by atoms with Crippen LogP contribution in [0, 0.1) is 0 Å². The molecule has 184 valence electrons. The Hall–Kier alpha value is -4.37. The van der Waals surface area contributed by atoms with Gasteiger partial charge in [0, 0.05) is 22.3 Å². The van der Waals surface area contributed by atoms with Crippen LogP contribution in [0.4, 0.5) is 0 Å². The first-order valence-corrected chi connectivity index (χ1v) is 12.7. The van der Waals surface area contributed by atoms with Crippen LogP contribution in [0.1, 0.15) is 41.5 Å². The molecular formula is C34H30O3. The predicted octanol–water partition coefficient (Wildman–Crippen LogP) is 8.06. The summed E-state index contributed by atoms with van der Waals surface area (Å²) in [6.45, 7) is 0.972. The highest BCUT2D eigenvalue weighted by molar-refractivity contribution is 6.14. The molecule has 0 aromatic heterocycles. The van der Waals surface area contributed by atoms with Crippen LogP contribution in [0.15, 0.2) is 120 Å². The Labute approximate surface area is 218 Å². The Balaban J connectivity index is 1.34. The molecule has 0 bridgehead atoms. The molecule has 0 atom stereocenters. The lowest BCUT2D eigenvalue weighted by molar-refractivity contribution is -0.112. The molecule has 0 amide bonds. The lowest BCUT2D eigenvalue weighted by Crippen LogP contribution is -2.12. The molecule has 4 aromatic rings. The van der Waals surface area contributed by atoms with E-state index in [0.717, 1.165) is 64.2 Å². The Morgan fingerprint density at radius 3 is 1.41 bits per heavy atom. The zero-order chi connectivity index (χ0) is 25.3. The molecule has 5 rings (SSSR count). The summed E-state index contributed by atoms with van der Waals surface area (Å²) in [4.78, 5) is 13.5. The van der Waals surface area contributed by atoms with E-state index in [-0.39, 0.29) is 5.78 Å².